The number of nitriles is 2. The number of hydrogen-bond acceptors (Lipinski definition) is 13. The van der Waals surface area contributed by atoms with Crippen LogP contribution >= 0.6 is 34.6 Å². The van der Waals surface area contributed by atoms with Crippen LogP contribution in [0.4, 0.5) is 26.3 Å². The fourth-order valence-electron chi connectivity index (χ4n) is 11.9. The predicted molar refractivity (Wildman–Crippen MR) is 376 cm³/mol. The number of nitrogens with zero attached hydrogens (tertiary/aromatic N) is 6. The van der Waals surface area contributed by atoms with Gasteiger partial charge < -0.3 is 18.4 Å². The highest BCUT2D eigenvalue weighted by atomic mass is 32.2. The van der Waals surface area contributed by atoms with E-state index in [0.717, 1.165) is 36.0 Å². The molecular weight excluding hydrogens is 1340 g/mol. The summed E-state index contributed by atoms with van der Waals surface area (Å²) in [6, 6.07) is 74.8. The first-order chi connectivity index (χ1) is 47.4. The second kappa shape index (κ2) is 29.5. The summed E-state index contributed by atoms with van der Waals surface area (Å²) in [6.45, 7) is -1.35. The highest BCUT2D eigenvalue weighted by Crippen LogP contribution is 2.39. The molecule has 0 aliphatic carbocycles. The summed E-state index contributed by atoms with van der Waals surface area (Å²) in [7, 11) is -5.88. The average molecular weight is 1390 g/mol. The van der Waals surface area contributed by atoms with E-state index >= 15 is 0 Å². The van der Waals surface area contributed by atoms with Gasteiger partial charge in [-0.2, -0.15) is 45.3 Å². The molecule has 0 unspecified atom stereocenters. The Morgan fingerprint density at radius 2 is 0.857 bits per heavy atom. The molecule has 12 aromatic rings. The highest BCUT2D eigenvalue weighted by Gasteiger charge is 2.47. The average Bonchev–Trinajstić information content (AvgIpc) is 1.52. The number of fused-ring (bicyclic) bond motifs is 3. The van der Waals surface area contributed by atoms with Crippen molar-refractivity contribution >= 4 is 134 Å². The monoisotopic (exact) mass is 1390 g/mol. The molecule has 2 N–H and O–H groups in total. The van der Waals surface area contributed by atoms with Crippen molar-refractivity contribution < 1.29 is 53.8 Å². The summed E-state index contributed by atoms with van der Waals surface area (Å²) >= 11 is 2.11. The number of rotatable bonds is 24. The Morgan fingerprint density at radius 3 is 1.20 bits per heavy atom. The maximum Gasteiger partial charge on any atom is 0.516 e. The van der Waals surface area contributed by atoms with E-state index in [0.29, 0.717) is 83.0 Å². The number of amides is 2. The Kier molecular flexibility index (Phi) is 20.4. The lowest BCUT2D eigenvalue weighted by molar-refractivity contribution is -0.120. The molecule has 0 saturated heterocycles. The van der Waals surface area contributed by atoms with Gasteiger partial charge in [-0.05, 0) is 110 Å². The Bertz CT molecular complexity index is 4980. The molecule has 0 aliphatic heterocycles. The normalized spacial score (nSPS) is 12.4. The van der Waals surface area contributed by atoms with E-state index in [1.165, 1.54) is 22.7 Å². The number of para-hydroxylation sites is 2. The van der Waals surface area contributed by atoms with E-state index in [9.17, 15) is 54.9 Å². The molecule has 26 heteroatoms. The van der Waals surface area contributed by atoms with Gasteiger partial charge in [-0.1, -0.05) is 167 Å². The maximum atomic E-state index is 13.1. The number of hydrogen-bond donors (Lipinski definition) is 2. The van der Waals surface area contributed by atoms with Gasteiger partial charge in [0, 0.05) is 35.0 Å². The van der Waals surface area contributed by atoms with E-state index < -0.39 is 64.9 Å². The minimum atomic E-state index is -5.88. The summed E-state index contributed by atoms with van der Waals surface area (Å²) in [5, 5.41) is 27.5. The molecule has 0 saturated carbocycles. The summed E-state index contributed by atoms with van der Waals surface area (Å²) in [6.07, 6.45) is 0.0773. The lowest BCUT2D eigenvalue weighted by atomic mass is 9.50. The van der Waals surface area contributed by atoms with Crippen LogP contribution in [-0.4, -0.2) is 77.1 Å². The third-order valence-electron chi connectivity index (χ3n) is 16.1. The third kappa shape index (κ3) is 14.8. The zero-order valence-electron chi connectivity index (χ0n) is 51.6. The van der Waals surface area contributed by atoms with Gasteiger partial charge in [-0.25, -0.2) is 14.7 Å². The zero-order valence-corrected chi connectivity index (χ0v) is 54.9. The first kappa shape index (κ1) is 67.6. The molecule has 490 valence electrons. The Balaban J connectivity index is 1.18. The molecule has 0 aliphatic rings. The Morgan fingerprint density at radius 1 is 0.500 bits per heavy atom. The van der Waals surface area contributed by atoms with Crippen molar-refractivity contribution in [1.29, 1.82) is 10.5 Å². The number of thiazole rings is 2. The number of aromatic nitrogens is 4. The van der Waals surface area contributed by atoms with E-state index in [1.54, 1.807) is 24.3 Å². The van der Waals surface area contributed by atoms with Crippen LogP contribution < -0.4 is 51.5 Å². The largest absolute Gasteiger partial charge is 0.516 e. The Hall–Kier alpha value is -10.4. The summed E-state index contributed by atoms with van der Waals surface area (Å²) in [5.74, 6) is -1.26. The van der Waals surface area contributed by atoms with Gasteiger partial charge in [0.15, 0.2) is 0 Å². The first-order valence-electron chi connectivity index (χ1n) is 30.8. The molecule has 98 heavy (non-hydrogen) atoms. The van der Waals surface area contributed by atoms with Crippen LogP contribution in [0, 0.1) is 22.7 Å². The van der Waals surface area contributed by atoms with Crippen LogP contribution in [0.2, 0.25) is 0 Å². The number of alkyl halides is 6. The number of carbonyl (C=O) groups is 2. The second-order valence-corrected chi connectivity index (χ2v) is 27.1. The maximum absolute atomic E-state index is 13.1. The second-order valence-electron chi connectivity index (χ2n) is 22.5. The predicted octanol–water partition coefficient (Wildman–Crippen LogP) is 12.1. The standard InChI is InChI=1S/C72H54B2F6N8O6S4/c75-71(76,77)97-85-61(89)33-17-19-43-93-53-39-35-47(36-40-53)65-63-64(68(56(46-82)70-84-58-30-14-16-32-60(58)96-70)87(65)73(49-21-5-1-6-22-49)50-23-7-2-8-24-50)66(48-37-41-54(42-38-48)94-44-20-18-34-62(90)86-98(91,92)72(78,79)80)88(74(51-25-9-3-10-26-51)52-27-11-4-12-28-52)67(63)55(45-81)69-83-57-29-13-15-31-59(57)95-69/h1-16,21-32,35-42H,17-20,33-34,43-44H2,(H,85,89)(H,86,90)/b67-55-,68-56-. The van der Waals surface area contributed by atoms with Crippen LogP contribution in [0.5, 0.6) is 11.5 Å². The summed E-state index contributed by atoms with van der Waals surface area (Å²) in [5.41, 5.74) is -2.90. The smallest absolute Gasteiger partial charge is 0.494 e. The van der Waals surface area contributed by atoms with Crippen LogP contribution in [0.3, 0.4) is 0 Å². The summed E-state index contributed by atoms with van der Waals surface area (Å²) in [4.78, 5) is 35.1. The Labute approximate surface area is 571 Å². The minimum Gasteiger partial charge on any atom is -0.494 e. The van der Waals surface area contributed by atoms with E-state index in [1.807, 2.05) is 199 Å². The number of sulfonamides is 1. The molecule has 0 radical (unpaired) electrons. The SMILES string of the molecule is N#C/C(c1nc2ccccc2s1)=c1\c2c(-c3ccc(OCCCCC(=O)NS(=O)(=O)C(F)(F)F)cc3)n(B(c3ccccc3)c3ccccc3)/c(=C(/C#N)c3nc4ccccc4s3)c2c(-c2ccc(OCCCCC(=O)NSC(F)(F)F)cc2)n1B(c1ccccc1)c1ccccc1. The van der Waals surface area contributed by atoms with Crippen molar-refractivity contribution in [3.05, 3.63) is 239 Å². The quantitative estimate of drug-likeness (QED) is 0.0253. The molecule has 8 aromatic carbocycles. The van der Waals surface area contributed by atoms with Gasteiger partial charge in [0.2, 0.25) is 11.8 Å². The number of ether oxygens (including phenoxy) is 2. The molecule has 4 aromatic heterocycles. The summed E-state index contributed by atoms with van der Waals surface area (Å²) < 4.78 is 122. The first-order valence-corrected chi connectivity index (χ1v) is 34.7. The van der Waals surface area contributed by atoms with Crippen molar-refractivity contribution in [3.8, 4) is 46.2 Å². The molecule has 0 atom stereocenters. The zero-order chi connectivity index (χ0) is 68.6. The van der Waals surface area contributed by atoms with Crippen LogP contribution in [0.15, 0.2) is 218 Å². The highest BCUT2D eigenvalue weighted by molar-refractivity contribution is 7.98. The number of nitrogens with one attached hydrogen (secondary N) is 2. The van der Waals surface area contributed by atoms with Gasteiger partial charge in [0.05, 0.1) is 56.3 Å². The number of unbranched alkanes of at least 4 members (excludes halogenated alkanes) is 2. The third-order valence-corrected chi connectivity index (χ3v) is 19.8. The van der Waals surface area contributed by atoms with E-state index in [-0.39, 0.29) is 50.0 Å². The topological polar surface area (TPSA) is 194 Å². The van der Waals surface area contributed by atoms with Crippen molar-refractivity contribution in [2.75, 3.05) is 13.2 Å². The molecule has 2 amide bonds. The van der Waals surface area contributed by atoms with Crippen LogP contribution in [0.25, 0.3) is 64.9 Å². The molecule has 0 bridgehead atoms. The number of carbonyl (C=O) groups excluding carboxylic acids is 2. The fourth-order valence-corrected chi connectivity index (χ4v) is 14.6. The molecule has 0 fully saturated rings. The van der Waals surface area contributed by atoms with Crippen molar-refractivity contribution in [1.82, 2.24) is 28.4 Å². The van der Waals surface area contributed by atoms with Crippen molar-refractivity contribution in [2.45, 2.75) is 49.5 Å². The van der Waals surface area contributed by atoms with Gasteiger partial charge in [0.1, 0.15) is 44.8 Å². The van der Waals surface area contributed by atoms with Gasteiger partial charge in [-0.3, -0.25) is 14.3 Å². The van der Waals surface area contributed by atoms with Gasteiger partial charge in [-0.15, -0.1) is 22.7 Å². The fraction of sp³-hybridized carbons (Fsp3) is 0.139. The number of halogens is 6. The molecular formula is C72H54B2F6N8O6S4. The van der Waals surface area contributed by atoms with Crippen molar-refractivity contribution in [3.63, 3.8) is 0 Å². The number of benzene rings is 8. The van der Waals surface area contributed by atoms with Crippen LogP contribution in [-0.2, 0) is 19.6 Å². The van der Waals surface area contributed by atoms with Crippen molar-refractivity contribution in [2.24, 2.45) is 0 Å². The lowest BCUT2D eigenvalue weighted by Gasteiger charge is -2.24. The van der Waals surface area contributed by atoms with E-state index in [2.05, 4.69) is 21.1 Å². The lowest BCUT2D eigenvalue weighted by Crippen LogP contribution is -2.54. The minimum absolute atomic E-state index is 0.00445. The van der Waals surface area contributed by atoms with Gasteiger partial charge >= 0.3 is 34.7 Å². The molecule has 0 spiro atoms. The molecule has 12 rings (SSSR count). The molecule has 14 nitrogen and oxygen atoms in total. The van der Waals surface area contributed by atoms with Crippen LogP contribution in [0.1, 0.15) is 48.5 Å². The molecule has 4 heterocycles. The van der Waals surface area contributed by atoms with Gasteiger partial charge in [0.25, 0.3) is 0 Å². The van der Waals surface area contributed by atoms with E-state index in [4.69, 9.17) is 19.4 Å².